The van der Waals surface area contributed by atoms with Crippen LogP contribution >= 0.6 is 47.2 Å². The standard InChI is InChI=1S/C29H21Cl2NO3S2/c1-2-34-26-14-18(8-12-25(26)35-17-19-7-9-20-5-3-4-6-21(20)13-19)15-27-28(33)32(29(36)37-27)22-10-11-23(30)24(31)16-22/h3-16H,2,17H2,1H3/b27-15-. The Kier molecular flexibility index (Phi) is 7.72. The van der Waals surface area contributed by atoms with Crippen LogP contribution in [0.1, 0.15) is 18.1 Å². The van der Waals surface area contributed by atoms with Gasteiger partial charge >= 0.3 is 0 Å². The Labute approximate surface area is 234 Å². The zero-order valence-electron chi connectivity index (χ0n) is 19.7. The molecule has 1 fully saturated rings. The molecule has 8 heteroatoms. The molecule has 1 saturated heterocycles. The van der Waals surface area contributed by atoms with Crippen LogP contribution in [-0.2, 0) is 11.4 Å². The highest BCUT2D eigenvalue weighted by atomic mass is 35.5. The molecule has 4 nitrogen and oxygen atoms in total. The van der Waals surface area contributed by atoms with Gasteiger partial charge in [0.25, 0.3) is 5.91 Å². The van der Waals surface area contributed by atoms with Crippen LogP contribution in [0.4, 0.5) is 5.69 Å². The summed E-state index contributed by atoms with van der Waals surface area (Å²) in [6.45, 7) is 2.81. The van der Waals surface area contributed by atoms with Crippen LogP contribution in [0, 0.1) is 0 Å². The average Bonchev–Trinajstić information content (AvgIpc) is 3.17. The number of thioether (sulfide) groups is 1. The smallest absolute Gasteiger partial charge is 0.270 e. The molecule has 186 valence electrons. The Hall–Kier alpha value is -3.03. The van der Waals surface area contributed by atoms with Crippen LogP contribution in [-0.4, -0.2) is 16.8 Å². The van der Waals surface area contributed by atoms with Crippen LogP contribution < -0.4 is 14.4 Å². The first-order chi connectivity index (χ1) is 17.9. The maximum absolute atomic E-state index is 13.2. The van der Waals surface area contributed by atoms with Crippen molar-refractivity contribution in [3.05, 3.63) is 105 Å². The summed E-state index contributed by atoms with van der Waals surface area (Å²) < 4.78 is 12.4. The molecule has 0 spiro atoms. The largest absolute Gasteiger partial charge is 0.490 e. The predicted octanol–water partition coefficient (Wildman–Crippen LogP) is 8.53. The quantitative estimate of drug-likeness (QED) is 0.166. The molecule has 5 rings (SSSR count). The molecular formula is C29H21Cl2NO3S2. The molecule has 0 radical (unpaired) electrons. The number of nitrogens with zero attached hydrogens (tertiary/aromatic N) is 1. The van der Waals surface area contributed by atoms with Gasteiger partial charge in [0.15, 0.2) is 15.8 Å². The summed E-state index contributed by atoms with van der Waals surface area (Å²) in [6, 6.07) is 25.1. The van der Waals surface area contributed by atoms with Crippen LogP contribution in [0.25, 0.3) is 16.8 Å². The number of fused-ring (bicyclic) bond motifs is 1. The van der Waals surface area contributed by atoms with E-state index in [1.54, 1.807) is 24.3 Å². The number of amides is 1. The first-order valence-electron chi connectivity index (χ1n) is 11.5. The number of rotatable bonds is 7. The average molecular weight is 567 g/mol. The Morgan fingerprint density at radius 1 is 0.892 bits per heavy atom. The van der Waals surface area contributed by atoms with Gasteiger partial charge in [-0.2, -0.15) is 0 Å². The summed E-state index contributed by atoms with van der Waals surface area (Å²) in [6.07, 6.45) is 1.80. The van der Waals surface area contributed by atoms with Gasteiger partial charge in [-0.25, -0.2) is 0 Å². The molecule has 0 aromatic heterocycles. The molecule has 0 saturated carbocycles. The van der Waals surface area contributed by atoms with Crippen molar-refractivity contribution >= 4 is 79.9 Å². The van der Waals surface area contributed by atoms with E-state index in [1.807, 2.05) is 37.3 Å². The monoisotopic (exact) mass is 565 g/mol. The fraction of sp³-hybridized carbons (Fsp3) is 0.103. The Balaban J connectivity index is 1.36. The molecule has 1 heterocycles. The van der Waals surface area contributed by atoms with Gasteiger partial charge < -0.3 is 9.47 Å². The van der Waals surface area contributed by atoms with E-state index in [-0.39, 0.29) is 5.91 Å². The van der Waals surface area contributed by atoms with Gasteiger partial charge in [-0.1, -0.05) is 89.6 Å². The first-order valence-corrected chi connectivity index (χ1v) is 13.5. The van der Waals surface area contributed by atoms with Gasteiger partial charge in [0.1, 0.15) is 6.61 Å². The number of hydrogen-bond donors (Lipinski definition) is 0. The molecule has 4 aromatic carbocycles. The second-order valence-corrected chi connectivity index (χ2v) is 10.7. The third kappa shape index (κ3) is 5.63. The fourth-order valence-electron chi connectivity index (χ4n) is 3.96. The zero-order valence-corrected chi connectivity index (χ0v) is 22.9. The molecule has 4 aromatic rings. The van der Waals surface area contributed by atoms with Crippen molar-refractivity contribution in [3.63, 3.8) is 0 Å². The van der Waals surface area contributed by atoms with Gasteiger partial charge in [0.2, 0.25) is 0 Å². The predicted molar refractivity (Wildman–Crippen MR) is 158 cm³/mol. The van der Waals surface area contributed by atoms with E-state index in [1.165, 1.54) is 27.4 Å². The Morgan fingerprint density at radius 3 is 2.49 bits per heavy atom. The molecule has 0 N–H and O–H groups in total. The van der Waals surface area contributed by atoms with Gasteiger partial charge in [-0.05, 0) is 71.3 Å². The van der Waals surface area contributed by atoms with Gasteiger partial charge in [0, 0.05) is 0 Å². The molecule has 1 aliphatic heterocycles. The van der Waals surface area contributed by atoms with E-state index in [4.69, 9.17) is 44.9 Å². The fourth-order valence-corrected chi connectivity index (χ4v) is 5.55. The Bertz CT molecular complexity index is 1550. The number of benzene rings is 4. The van der Waals surface area contributed by atoms with E-state index in [9.17, 15) is 4.79 Å². The van der Waals surface area contributed by atoms with Gasteiger partial charge in [-0.3, -0.25) is 9.69 Å². The zero-order chi connectivity index (χ0) is 25.9. The number of carbonyl (C=O) groups excluding carboxylic acids is 1. The van der Waals surface area contributed by atoms with Crippen LogP contribution in [0.2, 0.25) is 10.0 Å². The lowest BCUT2D eigenvalue weighted by Crippen LogP contribution is -2.27. The minimum atomic E-state index is -0.219. The summed E-state index contributed by atoms with van der Waals surface area (Å²) in [5.41, 5.74) is 2.44. The molecular weight excluding hydrogens is 545 g/mol. The van der Waals surface area contributed by atoms with Crippen molar-refractivity contribution < 1.29 is 14.3 Å². The van der Waals surface area contributed by atoms with E-state index < -0.39 is 0 Å². The SMILES string of the molecule is CCOc1cc(/C=C2\SC(=S)N(c3ccc(Cl)c(Cl)c3)C2=O)ccc1OCc1ccc2ccccc2c1. The summed E-state index contributed by atoms with van der Waals surface area (Å²) in [5.74, 6) is 1.02. The van der Waals surface area contributed by atoms with Gasteiger partial charge in [-0.15, -0.1) is 0 Å². The lowest BCUT2D eigenvalue weighted by atomic mass is 10.1. The molecule has 1 aliphatic rings. The Morgan fingerprint density at radius 2 is 1.70 bits per heavy atom. The van der Waals surface area contributed by atoms with Gasteiger partial charge in [0.05, 0.1) is 27.2 Å². The van der Waals surface area contributed by atoms with Crippen LogP contribution in [0.3, 0.4) is 0 Å². The van der Waals surface area contributed by atoms with Crippen molar-refractivity contribution in [1.82, 2.24) is 0 Å². The van der Waals surface area contributed by atoms with E-state index in [2.05, 4.69) is 30.3 Å². The molecule has 0 atom stereocenters. The number of ether oxygens (including phenoxy) is 2. The first kappa shape index (κ1) is 25.6. The minimum absolute atomic E-state index is 0.219. The summed E-state index contributed by atoms with van der Waals surface area (Å²) in [4.78, 5) is 15.1. The molecule has 0 bridgehead atoms. The number of carbonyl (C=O) groups is 1. The topological polar surface area (TPSA) is 38.8 Å². The van der Waals surface area contributed by atoms with Crippen LogP contribution in [0.15, 0.2) is 83.8 Å². The number of hydrogen-bond acceptors (Lipinski definition) is 5. The van der Waals surface area contributed by atoms with E-state index >= 15 is 0 Å². The van der Waals surface area contributed by atoms with E-state index in [0.29, 0.717) is 49.7 Å². The third-order valence-electron chi connectivity index (χ3n) is 5.73. The van der Waals surface area contributed by atoms with Crippen molar-refractivity contribution in [2.24, 2.45) is 0 Å². The molecule has 1 amide bonds. The summed E-state index contributed by atoms with van der Waals surface area (Å²) in [7, 11) is 0. The highest BCUT2D eigenvalue weighted by Gasteiger charge is 2.33. The lowest BCUT2D eigenvalue weighted by Gasteiger charge is -2.15. The van der Waals surface area contributed by atoms with Crippen LogP contribution in [0.5, 0.6) is 11.5 Å². The normalized spacial score (nSPS) is 14.6. The number of thiocarbonyl (C=S) groups is 1. The summed E-state index contributed by atoms with van der Waals surface area (Å²) >= 11 is 18.9. The highest BCUT2D eigenvalue weighted by molar-refractivity contribution is 8.27. The molecule has 0 unspecified atom stereocenters. The third-order valence-corrected chi connectivity index (χ3v) is 7.77. The molecule has 37 heavy (non-hydrogen) atoms. The summed E-state index contributed by atoms with van der Waals surface area (Å²) in [5, 5.41) is 3.13. The van der Waals surface area contributed by atoms with Crippen molar-refractivity contribution in [1.29, 1.82) is 0 Å². The number of halogens is 2. The van der Waals surface area contributed by atoms with E-state index in [0.717, 1.165) is 11.1 Å². The second-order valence-electron chi connectivity index (χ2n) is 8.22. The number of anilines is 1. The molecule has 0 aliphatic carbocycles. The lowest BCUT2D eigenvalue weighted by molar-refractivity contribution is -0.113. The van der Waals surface area contributed by atoms with Crippen molar-refractivity contribution in [2.45, 2.75) is 13.5 Å². The maximum atomic E-state index is 13.2. The second kappa shape index (κ2) is 11.2. The van der Waals surface area contributed by atoms with Crippen molar-refractivity contribution in [2.75, 3.05) is 11.5 Å². The highest BCUT2D eigenvalue weighted by Crippen LogP contribution is 2.39. The minimum Gasteiger partial charge on any atom is -0.490 e. The maximum Gasteiger partial charge on any atom is 0.270 e. The van der Waals surface area contributed by atoms with Crippen molar-refractivity contribution in [3.8, 4) is 11.5 Å².